The van der Waals surface area contributed by atoms with Crippen LogP contribution in [0.4, 0.5) is 5.69 Å². The molecule has 0 aromatic heterocycles. The van der Waals surface area contributed by atoms with Crippen LogP contribution in [0.15, 0.2) is 108 Å². The smallest absolute Gasteiger partial charge is 0.343 e. The number of carbonyl (C=O) groups is 3. The number of nitrogens with one attached hydrogen (secondary N) is 2. The van der Waals surface area contributed by atoms with Crippen LogP contribution in [0.25, 0.3) is 6.08 Å². The first kappa shape index (κ1) is 31.2. The van der Waals surface area contributed by atoms with Crippen LogP contribution in [-0.4, -0.2) is 44.7 Å². The van der Waals surface area contributed by atoms with Crippen LogP contribution in [0.2, 0.25) is 0 Å². The molecule has 224 valence electrons. The summed E-state index contributed by atoms with van der Waals surface area (Å²) in [6.45, 7) is 4.10. The Morgan fingerprint density at radius 2 is 1.50 bits per heavy atom. The Hall–Kier alpha value is -5.70. The molecule has 0 saturated heterocycles. The zero-order chi connectivity index (χ0) is 31.5. The number of carbonyl (C=O) groups excluding carboxylic acids is 3. The van der Waals surface area contributed by atoms with E-state index >= 15 is 0 Å². The fourth-order valence-electron chi connectivity index (χ4n) is 4.01. The summed E-state index contributed by atoms with van der Waals surface area (Å²) in [5.74, 6) is -0.949. The first-order valence-corrected chi connectivity index (χ1v) is 14.0. The molecule has 4 rings (SSSR count). The van der Waals surface area contributed by atoms with Crippen molar-refractivity contribution >= 4 is 35.8 Å². The maximum Gasteiger partial charge on any atom is 0.343 e. The van der Waals surface area contributed by atoms with Crippen LogP contribution < -0.4 is 25.1 Å². The van der Waals surface area contributed by atoms with Crippen LogP contribution in [0.5, 0.6) is 11.5 Å². The Labute approximate surface area is 256 Å². The van der Waals surface area contributed by atoms with Gasteiger partial charge in [-0.05, 0) is 85.6 Å². The summed E-state index contributed by atoms with van der Waals surface area (Å²) >= 11 is 0. The molecule has 2 N–H and O–H groups in total. The van der Waals surface area contributed by atoms with Crippen LogP contribution in [0, 0.1) is 6.92 Å². The molecule has 0 aliphatic rings. The minimum Gasteiger partial charge on any atom is -0.490 e. The SMILES string of the molecule is CCOc1cc(/C=N/NC(=O)/C(=C/c2ccc(N(C)C)cc2)NC(=O)c2ccccc2)ccc1OC(=O)c1ccc(C)cc1. The number of nitrogens with zero attached hydrogens (tertiary/aromatic N) is 2. The van der Waals surface area contributed by atoms with Crippen LogP contribution >= 0.6 is 0 Å². The predicted molar refractivity (Wildman–Crippen MR) is 172 cm³/mol. The summed E-state index contributed by atoms with van der Waals surface area (Å²) in [4.78, 5) is 40.7. The van der Waals surface area contributed by atoms with E-state index in [-0.39, 0.29) is 11.4 Å². The van der Waals surface area contributed by atoms with Gasteiger partial charge in [0.15, 0.2) is 11.5 Å². The molecule has 44 heavy (non-hydrogen) atoms. The molecule has 0 bridgehead atoms. The molecule has 0 radical (unpaired) electrons. The van der Waals surface area contributed by atoms with Crippen molar-refractivity contribution in [2.45, 2.75) is 13.8 Å². The van der Waals surface area contributed by atoms with Gasteiger partial charge in [0.1, 0.15) is 5.70 Å². The number of aryl methyl sites for hydroxylation is 1. The van der Waals surface area contributed by atoms with Gasteiger partial charge in [0.05, 0.1) is 18.4 Å². The van der Waals surface area contributed by atoms with E-state index in [1.165, 1.54) is 6.21 Å². The summed E-state index contributed by atoms with van der Waals surface area (Å²) in [7, 11) is 3.87. The minimum atomic E-state index is -0.615. The molecular formula is C35H34N4O5. The van der Waals surface area contributed by atoms with Crippen molar-refractivity contribution in [2.24, 2.45) is 5.10 Å². The topological polar surface area (TPSA) is 109 Å². The lowest BCUT2D eigenvalue weighted by Gasteiger charge is -2.13. The van der Waals surface area contributed by atoms with E-state index in [2.05, 4.69) is 15.8 Å². The highest BCUT2D eigenvalue weighted by atomic mass is 16.6. The average Bonchev–Trinajstić information content (AvgIpc) is 3.03. The molecule has 2 amide bonds. The number of hydrazone groups is 1. The largest absolute Gasteiger partial charge is 0.490 e. The maximum absolute atomic E-state index is 13.2. The number of ether oxygens (including phenoxy) is 2. The number of rotatable bonds is 11. The van der Waals surface area contributed by atoms with Gasteiger partial charge in [0.25, 0.3) is 11.8 Å². The number of anilines is 1. The number of amides is 2. The molecule has 0 aliphatic carbocycles. The second kappa shape index (κ2) is 15.0. The van der Waals surface area contributed by atoms with E-state index in [0.29, 0.717) is 29.0 Å². The highest BCUT2D eigenvalue weighted by Gasteiger charge is 2.15. The third-order valence-electron chi connectivity index (χ3n) is 6.39. The summed E-state index contributed by atoms with van der Waals surface area (Å²) in [5.41, 5.74) is 6.65. The molecule has 0 saturated carbocycles. The van der Waals surface area contributed by atoms with Crippen molar-refractivity contribution in [1.29, 1.82) is 0 Å². The van der Waals surface area contributed by atoms with Crippen molar-refractivity contribution in [3.8, 4) is 11.5 Å². The fourth-order valence-corrected chi connectivity index (χ4v) is 4.01. The summed E-state index contributed by atoms with van der Waals surface area (Å²) < 4.78 is 11.3. The van der Waals surface area contributed by atoms with E-state index in [0.717, 1.165) is 16.8 Å². The Bertz CT molecular complexity index is 1660. The lowest BCUT2D eigenvalue weighted by atomic mass is 10.1. The second-order valence-electron chi connectivity index (χ2n) is 9.96. The van der Waals surface area contributed by atoms with Gasteiger partial charge in [-0.3, -0.25) is 9.59 Å². The first-order chi connectivity index (χ1) is 21.2. The molecule has 9 heteroatoms. The van der Waals surface area contributed by atoms with Crippen molar-refractivity contribution in [1.82, 2.24) is 10.7 Å². The highest BCUT2D eigenvalue weighted by Crippen LogP contribution is 2.29. The number of esters is 1. The van der Waals surface area contributed by atoms with E-state index in [1.54, 1.807) is 66.7 Å². The van der Waals surface area contributed by atoms with Crippen molar-refractivity contribution in [3.63, 3.8) is 0 Å². The third kappa shape index (κ3) is 8.65. The van der Waals surface area contributed by atoms with Gasteiger partial charge in [-0.25, -0.2) is 10.2 Å². The molecule has 9 nitrogen and oxygen atoms in total. The summed E-state index contributed by atoms with van der Waals surface area (Å²) in [5, 5.41) is 6.78. The number of hydrogen-bond donors (Lipinski definition) is 2. The quantitative estimate of drug-likeness (QED) is 0.0774. The maximum atomic E-state index is 13.2. The molecule has 0 spiro atoms. The van der Waals surface area contributed by atoms with E-state index in [4.69, 9.17) is 9.47 Å². The fraction of sp³-hybridized carbons (Fsp3) is 0.143. The van der Waals surface area contributed by atoms with Crippen molar-refractivity contribution < 1.29 is 23.9 Å². The van der Waals surface area contributed by atoms with Crippen LogP contribution in [0.3, 0.4) is 0 Å². The monoisotopic (exact) mass is 590 g/mol. The van der Waals surface area contributed by atoms with Crippen LogP contribution in [-0.2, 0) is 4.79 Å². The van der Waals surface area contributed by atoms with Gasteiger partial charge in [0.2, 0.25) is 0 Å². The summed E-state index contributed by atoms with van der Waals surface area (Å²) in [6, 6.07) is 28.1. The normalized spacial score (nSPS) is 11.1. The highest BCUT2D eigenvalue weighted by molar-refractivity contribution is 6.05. The first-order valence-electron chi connectivity index (χ1n) is 14.0. The predicted octanol–water partition coefficient (Wildman–Crippen LogP) is 5.60. The van der Waals surface area contributed by atoms with Crippen LogP contribution in [0.1, 0.15) is 44.3 Å². The van der Waals surface area contributed by atoms with Gasteiger partial charge in [-0.1, -0.05) is 48.0 Å². The molecule has 0 atom stereocenters. The molecular weight excluding hydrogens is 556 g/mol. The molecule has 0 aliphatic heterocycles. The van der Waals surface area contributed by atoms with E-state index in [9.17, 15) is 14.4 Å². The second-order valence-corrected chi connectivity index (χ2v) is 9.96. The lowest BCUT2D eigenvalue weighted by molar-refractivity contribution is -0.117. The Kier molecular flexibility index (Phi) is 10.6. The number of hydrogen-bond acceptors (Lipinski definition) is 7. The zero-order valence-corrected chi connectivity index (χ0v) is 25.0. The van der Waals surface area contributed by atoms with Gasteiger partial charge in [0, 0.05) is 25.3 Å². The van der Waals surface area contributed by atoms with E-state index < -0.39 is 17.8 Å². The Morgan fingerprint density at radius 1 is 0.818 bits per heavy atom. The summed E-state index contributed by atoms with van der Waals surface area (Å²) in [6.07, 6.45) is 3.00. The Morgan fingerprint density at radius 3 is 2.16 bits per heavy atom. The lowest BCUT2D eigenvalue weighted by Crippen LogP contribution is -2.32. The standard InChI is InChI=1S/C35H34N4O5/c1-5-43-32-22-26(15-20-31(32)44-35(42)28-16-11-24(2)12-17-28)23-36-38-34(41)30(37-33(40)27-9-7-6-8-10-27)21-25-13-18-29(19-14-25)39(3)4/h6-23H,5H2,1-4H3,(H,37,40)(H,38,41)/b30-21-,36-23+. The molecule has 0 heterocycles. The number of benzene rings is 4. The van der Waals surface area contributed by atoms with Gasteiger partial charge in [-0.15, -0.1) is 0 Å². The third-order valence-corrected chi connectivity index (χ3v) is 6.39. The van der Waals surface area contributed by atoms with Crippen molar-refractivity contribution in [2.75, 3.05) is 25.6 Å². The van der Waals surface area contributed by atoms with Gasteiger partial charge < -0.3 is 19.7 Å². The van der Waals surface area contributed by atoms with Gasteiger partial charge >= 0.3 is 5.97 Å². The average molecular weight is 591 g/mol. The zero-order valence-electron chi connectivity index (χ0n) is 25.0. The van der Waals surface area contributed by atoms with Crippen molar-refractivity contribution in [3.05, 3.63) is 131 Å². The molecule has 4 aromatic rings. The molecule has 0 unspecified atom stereocenters. The molecule has 0 fully saturated rings. The minimum absolute atomic E-state index is 0.0157. The van der Waals surface area contributed by atoms with E-state index in [1.807, 2.05) is 69.2 Å². The van der Waals surface area contributed by atoms with Gasteiger partial charge in [-0.2, -0.15) is 5.10 Å². The Balaban J connectivity index is 1.50. The molecule has 4 aromatic carbocycles.